The predicted molar refractivity (Wildman–Crippen MR) is 78.5 cm³/mol. The largest absolute Gasteiger partial charge is 0.504 e. The van der Waals surface area contributed by atoms with Crippen LogP contribution in [0, 0.1) is 0 Å². The summed E-state index contributed by atoms with van der Waals surface area (Å²) in [5, 5.41) is 12.6. The van der Waals surface area contributed by atoms with Crippen molar-refractivity contribution in [2.75, 3.05) is 33.3 Å². The lowest BCUT2D eigenvalue weighted by atomic mass is 10.0. The van der Waals surface area contributed by atoms with E-state index in [1.165, 1.54) is 0 Å². The highest BCUT2D eigenvalue weighted by atomic mass is 16.5. The molecule has 114 valence electrons. The Morgan fingerprint density at radius 2 is 2.24 bits per heavy atom. The van der Waals surface area contributed by atoms with Gasteiger partial charge >= 0.3 is 6.03 Å². The second kappa shape index (κ2) is 5.44. The van der Waals surface area contributed by atoms with Crippen molar-refractivity contribution >= 4 is 6.03 Å². The van der Waals surface area contributed by atoms with E-state index in [0.29, 0.717) is 5.75 Å². The number of nitrogens with one attached hydrogen (secondary N) is 1. The first-order valence-electron chi connectivity index (χ1n) is 7.25. The Morgan fingerprint density at radius 1 is 1.43 bits per heavy atom. The van der Waals surface area contributed by atoms with Crippen molar-refractivity contribution < 1.29 is 14.6 Å². The summed E-state index contributed by atoms with van der Waals surface area (Å²) in [6.07, 6.45) is 0. The number of rotatable bonds is 3. The van der Waals surface area contributed by atoms with Crippen molar-refractivity contribution in [2.24, 2.45) is 0 Å². The van der Waals surface area contributed by atoms with Crippen LogP contribution in [0.25, 0.3) is 0 Å². The topological polar surface area (TPSA) is 65.0 Å². The minimum absolute atomic E-state index is 0.0543. The van der Waals surface area contributed by atoms with Crippen molar-refractivity contribution in [3.8, 4) is 11.5 Å². The smallest absolute Gasteiger partial charge is 0.317 e. The third kappa shape index (κ3) is 2.51. The predicted octanol–water partition coefficient (Wildman–Crippen LogP) is 1.17. The molecule has 2 aliphatic heterocycles. The van der Waals surface area contributed by atoms with Crippen LogP contribution in [-0.4, -0.2) is 60.3 Å². The average molecular weight is 291 g/mol. The van der Waals surface area contributed by atoms with E-state index < -0.39 is 0 Å². The summed E-state index contributed by atoms with van der Waals surface area (Å²) in [5.74, 6) is 0.652. The molecule has 2 saturated heterocycles. The van der Waals surface area contributed by atoms with Gasteiger partial charge in [0.15, 0.2) is 11.5 Å². The molecule has 2 N–H and O–H groups in total. The van der Waals surface area contributed by atoms with Crippen LogP contribution in [0.4, 0.5) is 4.79 Å². The van der Waals surface area contributed by atoms with Crippen LogP contribution in [0.1, 0.15) is 18.5 Å². The maximum Gasteiger partial charge on any atom is 0.317 e. The third-order valence-electron chi connectivity index (χ3n) is 4.50. The summed E-state index contributed by atoms with van der Waals surface area (Å²) in [7, 11) is 1.55. The molecule has 2 aliphatic rings. The molecule has 0 spiro atoms. The summed E-state index contributed by atoms with van der Waals surface area (Å²) in [5.41, 5.74) is 1.11. The molecule has 0 bridgehead atoms. The van der Waals surface area contributed by atoms with Gasteiger partial charge in [0.1, 0.15) is 0 Å². The molecule has 0 saturated carbocycles. The molecular weight excluding hydrogens is 270 g/mol. The lowest BCUT2D eigenvalue weighted by Gasteiger charge is -2.39. The molecule has 1 aromatic carbocycles. The Hall–Kier alpha value is -1.95. The fourth-order valence-corrected chi connectivity index (χ4v) is 3.14. The highest BCUT2D eigenvalue weighted by Crippen LogP contribution is 2.32. The van der Waals surface area contributed by atoms with Gasteiger partial charge in [-0.1, -0.05) is 6.07 Å². The second-order valence-electron chi connectivity index (χ2n) is 5.64. The number of aromatic hydroxyl groups is 1. The zero-order chi connectivity index (χ0) is 15.0. The van der Waals surface area contributed by atoms with Crippen molar-refractivity contribution in [1.82, 2.24) is 15.1 Å². The van der Waals surface area contributed by atoms with Crippen LogP contribution in [-0.2, 0) is 0 Å². The minimum atomic E-state index is 0.0543. The van der Waals surface area contributed by atoms with E-state index in [-0.39, 0.29) is 23.9 Å². The molecular formula is C15H21N3O3. The van der Waals surface area contributed by atoms with Gasteiger partial charge in [-0.3, -0.25) is 4.90 Å². The number of methoxy groups -OCH3 is 1. The number of phenols is 1. The van der Waals surface area contributed by atoms with Crippen molar-refractivity contribution in [1.29, 1.82) is 0 Å². The first kappa shape index (κ1) is 14.0. The monoisotopic (exact) mass is 291 g/mol. The molecule has 0 aliphatic carbocycles. The molecule has 1 aromatic rings. The van der Waals surface area contributed by atoms with Crippen molar-refractivity contribution in [3.63, 3.8) is 0 Å². The first-order chi connectivity index (χ1) is 10.1. The Bertz CT molecular complexity index is 549. The number of amides is 2. The van der Waals surface area contributed by atoms with Gasteiger partial charge < -0.3 is 20.1 Å². The van der Waals surface area contributed by atoms with Crippen LogP contribution in [0.2, 0.25) is 0 Å². The molecule has 0 radical (unpaired) electrons. The number of hydrogen-bond acceptors (Lipinski definition) is 4. The summed E-state index contributed by atoms with van der Waals surface area (Å²) in [6.45, 7) is 5.35. The van der Waals surface area contributed by atoms with E-state index in [2.05, 4.69) is 17.1 Å². The number of piperazine rings is 1. The number of urea groups is 1. The first-order valence-corrected chi connectivity index (χ1v) is 7.25. The van der Waals surface area contributed by atoms with Gasteiger partial charge in [-0.2, -0.15) is 0 Å². The van der Waals surface area contributed by atoms with Crippen LogP contribution >= 0.6 is 0 Å². The van der Waals surface area contributed by atoms with E-state index in [1.54, 1.807) is 13.2 Å². The Morgan fingerprint density at radius 3 is 3.00 bits per heavy atom. The fourth-order valence-electron chi connectivity index (χ4n) is 3.14. The number of ether oxygens (including phenoxy) is 1. The number of carbonyl (C=O) groups is 1. The molecule has 2 amide bonds. The third-order valence-corrected chi connectivity index (χ3v) is 4.50. The van der Waals surface area contributed by atoms with E-state index >= 15 is 0 Å². The lowest BCUT2D eigenvalue weighted by molar-refractivity contribution is 0.0938. The number of carbonyl (C=O) groups excluding carboxylic acids is 1. The van der Waals surface area contributed by atoms with Gasteiger partial charge in [-0.15, -0.1) is 0 Å². The molecule has 21 heavy (non-hydrogen) atoms. The molecule has 3 rings (SSSR count). The zero-order valence-corrected chi connectivity index (χ0v) is 12.4. The Labute approximate surface area is 124 Å². The van der Waals surface area contributed by atoms with Crippen LogP contribution in [0.15, 0.2) is 18.2 Å². The number of hydrogen-bond donors (Lipinski definition) is 2. The standard InChI is InChI=1S/C15H21N3O3/c1-10(11-3-4-13(19)14(7-11)21-2)17-5-6-18-12(9-17)8-16-15(18)20/h3-4,7,10,12,19H,5-6,8-9H2,1-2H3,(H,16,20). The maximum atomic E-state index is 11.6. The fraction of sp³-hybridized carbons (Fsp3) is 0.533. The quantitative estimate of drug-likeness (QED) is 0.877. The molecule has 6 nitrogen and oxygen atoms in total. The summed E-state index contributed by atoms with van der Waals surface area (Å²) in [4.78, 5) is 15.9. The molecule has 2 unspecified atom stereocenters. The maximum absolute atomic E-state index is 11.6. The van der Waals surface area contributed by atoms with Crippen molar-refractivity contribution in [3.05, 3.63) is 23.8 Å². The molecule has 2 heterocycles. The highest BCUT2D eigenvalue weighted by molar-refractivity contribution is 5.77. The summed E-state index contributed by atoms with van der Waals surface area (Å²) >= 11 is 0. The SMILES string of the molecule is COc1cc(C(C)N2CCN3C(=O)NCC3C2)ccc1O. The normalized spacial score (nSPS) is 23.6. The van der Waals surface area contributed by atoms with E-state index in [0.717, 1.165) is 31.7 Å². The van der Waals surface area contributed by atoms with Crippen LogP contribution in [0.3, 0.4) is 0 Å². The Balaban J connectivity index is 1.74. The van der Waals surface area contributed by atoms with Gasteiger partial charge in [-0.05, 0) is 24.6 Å². The van der Waals surface area contributed by atoms with Crippen LogP contribution in [0.5, 0.6) is 11.5 Å². The second-order valence-corrected chi connectivity index (χ2v) is 5.64. The Kier molecular flexibility index (Phi) is 3.63. The number of phenolic OH excluding ortho intramolecular Hbond substituents is 1. The van der Waals surface area contributed by atoms with Gasteiger partial charge in [0.2, 0.25) is 0 Å². The van der Waals surface area contributed by atoms with E-state index in [1.807, 2.05) is 17.0 Å². The van der Waals surface area contributed by atoms with E-state index in [4.69, 9.17) is 4.74 Å². The van der Waals surface area contributed by atoms with Gasteiger partial charge in [0.25, 0.3) is 0 Å². The van der Waals surface area contributed by atoms with Gasteiger partial charge in [-0.25, -0.2) is 4.79 Å². The minimum Gasteiger partial charge on any atom is -0.504 e. The summed E-state index contributed by atoms with van der Waals surface area (Å²) in [6, 6.07) is 6.00. The summed E-state index contributed by atoms with van der Waals surface area (Å²) < 4.78 is 5.18. The van der Waals surface area contributed by atoms with Crippen molar-refractivity contribution in [2.45, 2.75) is 19.0 Å². The molecule has 2 fully saturated rings. The number of fused-ring (bicyclic) bond motifs is 1. The lowest BCUT2D eigenvalue weighted by Crippen LogP contribution is -2.52. The zero-order valence-electron chi connectivity index (χ0n) is 12.4. The molecule has 2 atom stereocenters. The van der Waals surface area contributed by atoms with E-state index in [9.17, 15) is 9.90 Å². The molecule has 0 aromatic heterocycles. The number of nitrogens with zero attached hydrogens (tertiary/aromatic N) is 2. The number of benzene rings is 1. The molecule has 6 heteroatoms. The average Bonchev–Trinajstić information content (AvgIpc) is 2.88. The highest BCUT2D eigenvalue weighted by Gasteiger charge is 2.36. The van der Waals surface area contributed by atoms with Gasteiger partial charge in [0.05, 0.1) is 13.2 Å². The van der Waals surface area contributed by atoms with Gasteiger partial charge in [0, 0.05) is 32.2 Å². The van der Waals surface area contributed by atoms with Crippen LogP contribution < -0.4 is 10.1 Å².